The summed E-state index contributed by atoms with van der Waals surface area (Å²) < 4.78 is 0. The molecule has 0 rings (SSSR count). The van der Waals surface area contributed by atoms with Crippen LogP contribution < -0.4 is 10.6 Å². The van der Waals surface area contributed by atoms with Crippen LogP contribution in [0.2, 0.25) is 0 Å². The molecule has 0 aliphatic heterocycles. The van der Waals surface area contributed by atoms with E-state index in [9.17, 15) is 14.4 Å². The lowest BCUT2D eigenvalue weighted by Crippen LogP contribution is -2.46. The minimum atomic E-state index is -0.455. The van der Waals surface area contributed by atoms with E-state index in [4.69, 9.17) is 0 Å². The number of alkyl halides is 1. The van der Waals surface area contributed by atoms with Gasteiger partial charge in [-0.05, 0) is 6.42 Å². The van der Waals surface area contributed by atoms with Gasteiger partial charge in [-0.2, -0.15) is 0 Å². The highest BCUT2D eigenvalue weighted by Crippen LogP contribution is 2.05. The maximum Gasteiger partial charge on any atom is 0.239 e. The largest absolute Gasteiger partial charge is 0.346 e. The average molecular weight is 321 g/mol. The van der Waals surface area contributed by atoms with Crippen LogP contribution in [0.3, 0.4) is 0 Å². The van der Waals surface area contributed by atoms with Gasteiger partial charge in [-0.1, -0.05) is 43.1 Å². The number of rotatable bonds is 8. The van der Waals surface area contributed by atoms with Crippen molar-refractivity contribution >= 4 is 33.5 Å². The molecule has 0 heterocycles. The molecule has 0 aliphatic carbocycles. The van der Waals surface area contributed by atoms with Gasteiger partial charge in [0.1, 0.15) is 0 Å². The maximum atomic E-state index is 11.9. The van der Waals surface area contributed by atoms with Crippen LogP contribution in [0.25, 0.3) is 0 Å². The van der Waals surface area contributed by atoms with Crippen molar-refractivity contribution in [3.05, 3.63) is 0 Å². The van der Waals surface area contributed by atoms with Crippen molar-refractivity contribution in [2.45, 2.75) is 39.7 Å². The van der Waals surface area contributed by atoms with E-state index in [1.54, 1.807) is 0 Å². The minimum absolute atomic E-state index is 0.0250. The topological polar surface area (TPSA) is 75.3 Å². The molecule has 0 spiro atoms. The number of hydrogen-bond acceptors (Lipinski definition) is 3. The Hall–Kier alpha value is -0.910. The first-order valence-electron chi connectivity index (χ1n) is 6.08. The van der Waals surface area contributed by atoms with Crippen LogP contribution in [-0.4, -0.2) is 35.5 Å². The first kappa shape index (κ1) is 17.1. The predicted octanol–water partition coefficient (Wildman–Crippen LogP) is 1.01. The molecule has 0 fully saturated rings. The van der Waals surface area contributed by atoms with Gasteiger partial charge >= 0.3 is 0 Å². The van der Waals surface area contributed by atoms with Crippen LogP contribution in [0.4, 0.5) is 0 Å². The van der Waals surface area contributed by atoms with Crippen LogP contribution in [0.15, 0.2) is 0 Å². The van der Waals surface area contributed by atoms with Crippen LogP contribution in [0, 0.1) is 5.92 Å². The third-order valence-electron chi connectivity index (χ3n) is 2.39. The molecule has 0 saturated carbocycles. The monoisotopic (exact) mass is 320 g/mol. The summed E-state index contributed by atoms with van der Waals surface area (Å²) in [5.41, 5.74) is 0. The Morgan fingerprint density at radius 2 is 1.78 bits per heavy atom. The molecule has 1 unspecified atom stereocenters. The van der Waals surface area contributed by atoms with E-state index in [1.807, 2.05) is 20.8 Å². The Bertz CT molecular complexity index is 306. The summed E-state index contributed by atoms with van der Waals surface area (Å²) in [6.45, 7) is 5.48. The maximum absolute atomic E-state index is 11.9. The fraction of sp³-hybridized carbons (Fsp3) is 0.750. The van der Waals surface area contributed by atoms with Crippen LogP contribution in [0.1, 0.15) is 33.6 Å². The first-order valence-corrected chi connectivity index (χ1v) is 7.20. The molecule has 0 aromatic carbocycles. The fourth-order valence-electron chi connectivity index (χ4n) is 1.45. The quantitative estimate of drug-likeness (QED) is 0.655. The molecule has 18 heavy (non-hydrogen) atoms. The fourth-order valence-corrected chi connectivity index (χ4v) is 1.65. The molecule has 0 aliphatic rings. The normalized spacial score (nSPS) is 12.1. The number of halogens is 1. The van der Waals surface area contributed by atoms with Gasteiger partial charge in [-0.15, -0.1) is 0 Å². The van der Waals surface area contributed by atoms with Crippen LogP contribution >= 0.6 is 15.9 Å². The molecule has 104 valence electrons. The Morgan fingerprint density at radius 1 is 1.17 bits per heavy atom. The summed E-state index contributed by atoms with van der Waals surface area (Å²) in [4.78, 5) is 34.4. The van der Waals surface area contributed by atoms with Crippen LogP contribution in [-0.2, 0) is 14.4 Å². The van der Waals surface area contributed by atoms with Crippen LogP contribution in [0.5, 0.6) is 0 Å². The van der Waals surface area contributed by atoms with Crippen molar-refractivity contribution in [1.82, 2.24) is 10.6 Å². The van der Waals surface area contributed by atoms with Gasteiger partial charge < -0.3 is 10.6 Å². The van der Waals surface area contributed by atoms with E-state index in [1.165, 1.54) is 0 Å². The van der Waals surface area contributed by atoms with Crippen molar-refractivity contribution in [1.29, 1.82) is 0 Å². The highest BCUT2D eigenvalue weighted by atomic mass is 79.9. The van der Waals surface area contributed by atoms with E-state index in [2.05, 4.69) is 26.6 Å². The van der Waals surface area contributed by atoms with Crippen molar-refractivity contribution in [3.63, 3.8) is 0 Å². The molecule has 0 bridgehead atoms. The number of carbonyl (C=O) groups excluding carboxylic acids is 3. The molecular weight excluding hydrogens is 300 g/mol. The number of amides is 2. The van der Waals surface area contributed by atoms with Crippen molar-refractivity contribution in [2.75, 3.05) is 11.9 Å². The lowest BCUT2D eigenvalue weighted by molar-refractivity contribution is -0.130. The zero-order valence-electron chi connectivity index (χ0n) is 11.1. The third-order valence-corrected chi connectivity index (χ3v) is 2.90. The third kappa shape index (κ3) is 6.74. The average Bonchev–Trinajstić information content (AvgIpc) is 2.34. The molecule has 6 heteroatoms. The van der Waals surface area contributed by atoms with Crippen molar-refractivity contribution < 1.29 is 14.4 Å². The molecule has 2 N–H and O–H groups in total. The van der Waals surface area contributed by atoms with Gasteiger partial charge in [-0.3, -0.25) is 14.4 Å². The van der Waals surface area contributed by atoms with Gasteiger partial charge in [0.05, 0.1) is 17.9 Å². The highest BCUT2D eigenvalue weighted by Gasteiger charge is 2.22. The first-order chi connectivity index (χ1) is 8.42. The summed E-state index contributed by atoms with van der Waals surface area (Å²) in [6.07, 6.45) is 1.44. The smallest absolute Gasteiger partial charge is 0.239 e. The summed E-state index contributed by atoms with van der Waals surface area (Å²) in [6, 6.07) is -0.455. The number of Topliss-reactive ketones (excluding diaryl/α,β-unsaturated/α-hetero) is 1. The van der Waals surface area contributed by atoms with E-state index in [-0.39, 0.29) is 35.4 Å². The molecule has 0 saturated heterocycles. The molecule has 1 atom stereocenters. The van der Waals surface area contributed by atoms with Crippen molar-refractivity contribution in [3.8, 4) is 0 Å². The molecule has 0 aromatic heterocycles. The molecule has 0 aromatic rings. The summed E-state index contributed by atoms with van der Waals surface area (Å²) >= 11 is 2.99. The Kier molecular flexibility index (Phi) is 8.62. The Morgan fingerprint density at radius 3 is 2.22 bits per heavy atom. The zero-order valence-corrected chi connectivity index (χ0v) is 12.7. The molecule has 0 radical (unpaired) electrons. The number of carbonyl (C=O) groups is 3. The van der Waals surface area contributed by atoms with Gasteiger partial charge in [0.25, 0.3) is 0 Å². The van der Waals surface area contributed by atoms with E-state index < -0.39 is 6.04 Å². The highest BCUT2D eigenvalue weighted by molar-refractivity contribution is 9.09. The lowest BCUT2D eigenvalue weighted by atomic mass is 9.98. The lowest BCUT2D eigenvalue weighted by Gasteiger charge is -2.19. The molecular formula is C12H21BrN2O3. The zero-order chi connectivity index (χ0) is 14.1. The minimum Gasteiger partial charge on any atom is -0.346 e. The van der Waals surface area contributed by atoms with Crippen molar-refractivity contribution in [2.24, 2.45) is 5.92 Å². The van der Waals surface area contributed by atoms with E-state index in [0.29, 0.717) is 6.42 Å². The summed E-state index contributed by atoms with van der Waals surface area (Å²) in [7, 11) is 0. The Balaban J connectivity index is 4.28. The SMILES string of the molecule is CCCC(NC(=O)CNC(=O)CBr)C(=O)C(C)C. The summed E-state index contributed by atoms with van der Waals surface area (Å²) in [5, 5.41) is 5.25. The van der Waals surface area contributed by atoms with Gasteiger partial charge in [0, 0.05) is 5.92 Å². The number of ketones is 1. The Labute approximate surface area is 116 Å². The standard InChI is InChI=1S/C12H21BrN2O3/c1-4-5-9(12(18)8(2)3)15-11(17)7-14-10(16)6-13/h8-9H,4-7H2,1-3H3,(H,14,16)(H,15,17). The second kappa shape index (κ2) is 9.08. The van der Waals surface area contributed by atoms with Gasteiger partial charge in [-0.25, -0.2) is 0 Å². The number of hydrogen-bond donors (Lipinski definition) is 2. The number of nitrogens with one attached hydrogen (secondary N) is 2. The predicted molar refractivity (Wildman–Crippen MR) is 73.5 cm³/mol. The van der Waals surface area contributed by atoms with E-state index in [0.717, 1.165) is 6.42 Å². The second-order valence-electron chi connectivity index (χ2n) is 4.38. The van der Waals surface area contributed by atoms with Gasteiger partial charge in [0.15, 0.2) is 5.78 Å². The van der Waals surface area contributed by atoms with Gasteiger partial charge in [0.2, 0.25) is 11.8 Å². The summed E-state index contributed by atoms with van der Waals surface area (Å²) in [5.74, 6) is -0.680. The second-order valence-corrected chi connectivity index (χ2v) is 4.94. The van der Waals surface area contributed by atoms with E-state index >= 15 is 0 Å². The molecule has 2 amide bonds. The molecule has 5 nitrogen and oxygen atoms in total.